The molecule has 0 amide bonds. The van der Waals surface area contributed by atoms with E-state index in [1.807, 2.05) is 24.3 Å². The van der Waals surface area contributed by atoms with Gasteiger partial charge in [-0.1, -0.05) is 24.4 Å². The maximum atomic E-state index is 13.9. The number of nitrogens with one attached hydrogen (secondary N) is 1. The van der Waals surface area contributed by atoms with Gasteiger partial charge in [0.25, 0.3) is 0 Å². The van der Waals surface area contributed by atoms with E-state index in [4.69, 9.17) is 18.0 Å². The summed E-state index contributed by atoms with van der Waals surface area (Å²) in [6, 6.07) is 12.5. The average Bonchev–Trinajstić information content (AvgIpc) is 2.47. The number of benzene rings is 2. The molecule has 1 aromatic heterocycles. The number of anilines is 2. The first-order valence-corrected chi connectivity index (χ1v) is 6.75. The van der Waals surface area contributed by atoms with Crippen molar-refractivity contribution in [2.75, 3.05) is 5.32 Å². The van der Waals surface area contributed by atoms with E-state index >= 15 is 0 Å². The number of nitrogens with two attached hydrogens (primary N) is 1. The monoisotopic (exact) mass is 297 g/mol. The van der Waals surface area contributed by atoms with E-state index in [0.717, 1.165) is 16.5 Å². The van der Waals surface area contributed by atoms with Crippen LogP contribution in [0.25, 0.3) is 10.8 Å². The maximum Gasteiger partial charge on any atom is 0.135 e. The third-order valence-corrected chi connectivity index (χ3v) is 3.42. The second kappa shape index (κ2) is 5.46. The lowest BCUT2D eigenvalue weighted by Crippen LogP contribution is -2.11. The quantitative estimate of drug-likeness (QED) is 0.723. The normalized spacial score (nSPS) is 10.5. The zero-order valence-corrected chi connectivity index (χ0v) is 11.8. The molecule has 3 nitrogen and oxygen atoms in total. The Labute approximate surface area is 126 Å². The number of hydrogen-bond acceptors (Lipinski definition) is 3. The number of halogens is 1. The fourth-order valence-electron chi connectivity index (χ4n) is 2.17. The second-order valence-electron chi connectivity index (χ2n) is 4.59. The number of fused-ring (bicyclic) bond motifs is 1. The number of pyridine rings is 1. The Bertz CT molecular complexity index is 827. The van der Waals surface area contributed by atoms with Gasteiger partial charge in [0.15, 0.2) is 0 Å². The molecule has 21 heavy (non-hydrogen) atoms. The van der Waals surface area contributed by atoms with E-state index in [-0.39, 0.29) is 10.6 Å². The molecule has 0 aliphatic rings. The van der Waals surface area contributed by atoms with Crippen LogP contribution in [0.3, 0.4) is 0 Å². The van der Waals surface area contributed by atoms with E-state index < -0.39 is 5.82 Å². The van der Waals surface area contributed by atoms with E-state index in [1.165, 1.54) is 6.07 Å². The molecule has 0 atom stereocenters. The molecule has 0 aliphatic carbocycles. The van der Waals surface area contributed by atoms with Gasteiger partial charge in [0.05, 0.1) is 0 Å². The molecule has 0 saturated heterocycles. The van der Waals surface area contributed by atoms with Gasteiger partial charge >= 0.3 is 0 Å². The molecule has 0 radical (unpaired) electrons. The van der Waals surface area contributed by atoms with Crippen LogP contribution in [0.5, 0.6) is 0 Å². The van der Waals surface area contributed by atoms with Crippen LogP contribution in [0.2, 0.25) is 0 Å². The highest BCUT2D eigenvalue weighted by molar-refractivity contribution is 7.80. The average molecular weight is 297 g/mol. The van der Waals surface area contributed by atoms with Crippen LogP contribution < -0.4 is 11.1 Å². The number of aromatic nitrogens is 1. The number of hydrogen-bond donors (Lipinski definition) is 2. The third-order valence-electron chi connectivity index (χ3n) is 3.20. The van der Waals surface area contributed by atoms with E-state index in [9.17, 15) is 4.39 Å². The van der Waals surface area contributed by atoms with Crippen molar-refractivity contribution in [3.8, 4) is 0 Å². The summed E-state index contributed by atoms with van der Waals surface area (Å²) in [6.07, 6.45) is 3.51. The number of rotatable bonds is 3. The molecule has 0 bridgehead atoms. The summed E-state index contributed by atoms with van der Waals surface area (Å²) in [5.74, 6) is -0.439. The summed E-state index contributed by atoms with van der Waals surface area (Å²) in [5.41, 5.74) is 7.19. The predicted molar refractivity (Wildman–Crippen MR) is 87.3 cm³/mol. The van der Waals surface area contributed by atoms with E-state index in [2.05, 4.69) is 10.3 Å². The van der Waals surface area contributed by atoms with Gasteiger partial charge in [-0.2, -0.15) is 0 Å². The van der Waals surface area contributed by atoms with Gasteiger partial charge in [0, 0.05) is 34.7 Å². The zero-order valence-electron chi connectivity index (χ0n) is 11.0. The molecule has 0 unspecified atom stereocenters. The molecule has 2 aromatic carbocycles. The fourth-order valence-corrected chi connectivity index (χ4v) is 2.34. The van der Waals surface area contributed by atoms with Crippen LogP contribution in [-0.4, -0.2) is 9.97 Å². The van der Waals surface area contributed by atoms with Crippen molar-refractivity contribution in [1.29, 1.82) is 0 Å². The van der Waals surface area contributed by atoms with Crippen LogP contribution in [0.1, 0.15) is 5.56 Å². The van der Waals surface area contributed by atoms with Crippen LogP contribution in [0.15, 0.2) is 54.9 Å². The Morgan fingerprint density at radius 1 is 1.19 bits per heavy atom. The minimum absolute atomic E-state index is 0.0495. The Kier molecular flexibility index (Phi) is 3.50. The van der Waals surface area contributed by atoms with Crippen molar-refractivity contribution in [1.82, 2.24) is 4.98 Å². The summed E-state index contributed by atoms with van der Waals surface area (Å²) in [6.45, 7) is 0. The molecular weight excluding hydrogens is 285 g/mol. The van der Waals surface area contributed by atoms with Gasteiger partial charge in [-0.25, -0.2) is 4.39 Å². The topological polar surface area (TPSA) is 50.9 Å². The van der Waals surface area contributed by atoms with Crippen molar-refractivity contribution in [3.63, 3.8) is 0 Å². The maximum absolute atomic E-state index is 13.9. The number of nitrogens with zero attached hydrogens (tertiary/aromatic N) is 1. The lowest BCUT2D eigenvalue weighted by Gasteiger charge is -2.10. The van der Waals surface area contributed by atoms with Crippen LogP contribution >= 0.6 is 12.2 Å². The molecule has 0 aliphatic heterocycles. The van der Waals surface area contributed by atoms with Gasteiger partial charge in [-0.05, 0) is 35.7 Å². The highest BCUT2D eigenvalue weighted by Gasteiger charge is 2.07. The lowest BCUT2D eigenvalue weighted by molar-refractivity contribution is 0.626. The molecule has 0 spiro atoms. The molecule has 104 valence electrons. The van der Waals surface area contributed by atoms with Crippen LogP contribution in [-0.2, 0) is 0 Å². The Morgan fingerprint density at radius 2 is 2.05 bits per heavy atom. The van der Waals surface area contributed by atoms with Crippen molar-refractivity contribution in [2.24, 2.45) is 5.73 Å². The molecule has 0 saturated carbocycles. The predicted octanol–water partition coefficient (Wildman–Crippen LogP) is 3.75. The van der Waals surface area contributed by atoms with Crippen LogP contribution in [0.4, 0.5) is 15.8 Å². The second-order valence-corrected chi connectivity index (χ2v) is 5.03. The Hall–Kier alpha value is -2.53. The van der Waals surface area contributed by atoms with Crippen molar-refractivity contribution in [3.05, 3.63) is 66.2 Å². The minimum atomic E-state index is -0.439. The molecule has 3 N–H and O–H groups in total. The molecule has 5 heteroatoms. The highest BCUT2D eigenvalue weighted by atomic mass is 32.1. The largest absolute Gasteiger partial charge is 0.389 e. The highest BCUT2D eigenvalue weighted by Crippen LogP contribution is 2.26. The SMILES string of the molecule is NC(=S)c1ccc(Nc2cccc3ccncc23)cc1F. The lowest BCUT2D eigenvalue weighted by atomic mass is 10.1. The van der Waals surface area contributed by atoms with Crippen molar-refractivity contribution in [2.45, 2.75) is 0 Å². The molecule has 3 rings (SSSR count). The summed E-state index contributed by atoms with van der Waals surface area (Å²) in [7, 11) is 0. The molecular formula is C16H12FN3S. The van der Waals surface area contributed by atoms with E-state index in [1.54, 1.807) is 24.5 Å². The molecule has 3 aromatic rings. The minimum Gasteiger partial charge on any atom is -0.389 e. The van der Waals surface area contributed by atoms with Crippen LogP contribution in [0, 0.1) is 5.82 Å². The molecule has 0 fully saturated rings. The summed E-state index contributed by atoms with van der Waals surface area (Å²) < 4.78 is 13.9. The van der Waals surface area contributed by atoms with Gasteiger partial charge in [-0.15, -0.1) is 0 Å². The van der Waals surface area contributed by atoms with Crippen molar-refractivity contribution >= 4 is 39.4 Å². The third kappa shape index (κ3) is 2.68. The van der Waals surface area contributed by atoms with Crippen molar-refractivity contribution < 1.29 is 4.39 Å². The fraction of sp³-hybridized carbons (Fsp3) is 0. The summed E-state index contributed by atoms with van der Waals surface area (Å²) in [4.78, 5) is 4.17. The Morgan fingerprint density at radius 3 is 2.81 bits per heavy atom. The first-order valence-electron chi connectivity index (χ1n) is 6.34. The first-order chi connectivity index (χ1) is 10.1. The zero-order chi connectivity index (χ0) is 14.8. The van der Waals surface area contributed by atoms with Gasteiger partial charge < -0.3 is 11.1 Å². The smallest absolute Gasteiger partial charge is 0.135 e. The standard InChI is InChI=1S/C16H12FN3S/c17-14-8-11(4-5-12(14)16(18)21)20-15-3-1-2-10-6-7-19-9-13(10)15/h1-9,20H,(H2,18,21). The summed E-state index contributed by atoms with van der Waals surface area (Å²) in [5, 5.41) is 5.23. The molecule has 1 heterocycles. The van der Waals surface area contributed by atoms with Gasteiger partial charge in [-0.3, -0.25) is 4.98 Å². The van der Waals surface area contributed by atoms with Gasteiger partial charge in [0.1, 0.15) is 10.8 Å². The Balaban J connectivity index is 1.99. The van der Waals surface area contributed by atoms with Gasteiger partial charge in [0.2, 0.25) is 0 Å². The summed E-state index contributed by atoms with van der Waals surface area (Å²) >= 11 is 4.79. The number of thiocarbonyl (C=S) groups is 1. The van der Waals surface area contributed by atoms with E-state index in [0.29, 0.717) is 5.69 Å². The first kappa shape index (κ1) is 13.5.